The van der Waals surface area contributed by atoms with E-state index in [0.29, 0.717) is 5.54 Å². The van der Waals surface area contributed by atoms with Crippen LogP contribution in [-0.4, -0.2) is 12.1 Å². The number of nitrogens with one attached hydrogen (secondary N) is 1. The van der Waals surface area contributed by atoms with Gasteiger partial charge in [0.15, 0.2) is 0 Å². The van der Waals surface area contributed by atoms with Gasteiger partial charge in [0, 0.05) is 5.54 Å². The van der Waals surface area contributed by atoms with E-state index >= 15 is 0 Å². The maximum atomic E-state index is 3.68. The van der Waals surface area contributed by atoms with Gasteiger partial charge in [-0.3, -0.25) is 0 Å². The highest BCUT2D eigenvalue weighted by molar-refractivity contribution is 5.09. The molecule has 0 radical (unpaired) electrons. The lowest BCUT2D eigenvalue weighted by molar-refractivity contribution is 0.489. The highest BCUT2D eigenvalue weighted by Gasteiger charge is 2.51. The maximum absolute atomic E-state index is 3.68. The highest BCUT2D eigenvalue weighted by Crippen LogP contribution is 2.51. The van der Waals surface area contributed by atoms with Crippen molar-refractivity contribution in [3.8, 4) is 0 Å². The van der Waals surface area contributed by atoms with E-state index in [2.05, 4.69) is 5.32 Å². The van der Waals surface area contributed by atoms with E-state index in [9.17, 15) is 0 Å². The average molecular weight is 137 g/mol. The van der Waals surface area contributed by atoms with E-state index in [1.165, 1.54) is 38.6 Å². The van der Waals surface area contributed by atoms with E-state index < -0.39 is 0 Å². The van der Waals surface area contributed by atoms with E-state index in [-0.39, 0.29) is 0 Å². The third-order valence-electron chi connectivity index (χ3n) is 3.53. The van der Waals surface area contributed by atoms with Crippen molar-refractivity contribution >= 4 is 0 Å². The van der Waals surface area contributed by atoms with Crippen molar-refractivity contribution in [3.63, 3.8) is 0 Å². The first kappa shape index (κ1) is 5.59. The third kappa shape index (κ3) is 0.731. The van der Waals surface area contributed by atoms with Gasteiger partial charge in [-0.1, -0.05) is 0 Å². The first-order chi connectivity index (χ1) is 4.88. The zero-order valence-electron chi connectivity index (χ0n) is 6.40. The highest BCUT2D eigenvalue weighted by atomic mass is 15.1. The van der Waals surface area contributed by atoms with Gasteiger partial charge in [-0.25, -0.2) is 0 Å². The SMILES string of the molecule is C1CC1C1CNC2(CC2)C1. The van der Waals surface area contributed by atoms with Crippen LogP contribution in [0, 0.1) is 11.8 Å². The summed E-state index contributed by atoms with van der Waals surface area (Å²) in [7, 11) is 0. The van der Waals surface area contributed by atoms with Crippen molar-refractivity contribution in [1.29, 1.82) is 0 Å². The number of hydrogen-bond acceptors (Lipinski definition) is 1. The second-order valence-electron chi connectivity index (χ2n) is 4.46. The minimum absolute atomic E-state index is 0.688. The Balaban J connectivity index is 1.69. The number of hydrogen-bond donors (Lipinski definition) is 1. The predicted molar refractivity (Wildman–Crippen MR) is 40.8 cm³/mol. The van der Waals surface area contributed by atoms with Crippen LogP contribution in [0.1, 0.15) is 32.1 Å². The van der Waals surface area contributed by atoms with Crippen molar-refractivity contribution in [2.24, 2.45) is 11.8 Å². The minimum Gasteiger partial charge on any atom is -0.311 e. The normalized spacial score (nSPS) is 42.6. The molecule has 1 atom stereocenters. The van der Waals surface area contributed by atoms with Crippen molar-refractivity contribution in [2.45, 2.75) is 37.6 Å². The second-order valence-corrected chi connectivity index (χ2v) is 4.46. The number of rotatable bonds is 1. The van der Waals surface area contributed by atoms with E-state index in [1.807, 2.05) is 0 Å². The fourth-order valence-electron chi connectivity index (χ4n) is 2.43. The van der Waals surface area contributed by atoms with Crippen LogP contribution < -0.4 is 5.32 Å². The van der Waals surface area contributed by atoms with Crippen molar-refractivity contribution in [2.75, 3.05) is 6.54 Å². The molecule has 0 aromatic heterocycles. The topological polar surface area (TPSA) is 12.0 Å². The van der Waals surface area contributed by atoms with Gasteiger partial charge in [0.25, 0.3) is 0 Å². The summed E-state index contributed by atoms with van der Waals surface area (Å²) < 4.78 is 0. The molecular weight excluding hydrogens is 122 g/mol. The average Bonchev–Trinajstić information content (AvgIpc) is 2.73. The summed E-state index contributed by atoms with van der Waals surface area (Å²) in [5.41, 5.74) is 0.688. The molecule has 1 heteroatoms. The lowest BCUT2D eigenvalue weighted by Crippen LogP contribution is -2.22. The molecule has 1 N–H and O–H groups in total. The summed E-state index contributed by atoms with van der Waals surface area (Å²) in [6.45, 7) is 1.34. The minimum atomic E-state index is 0.688. The third-order valence-corrected chi connectivity index (χ3v) is 3.53. The van der Waals surface area contributed by atoms with Crippen LogP contribution >= 0.6 is 0 Å². The summed E-state index contributed by atoms with van der Waals surface area (Å²) in [6.07, 6.45) is 7.51. The Bertz CT molecular complexity index is 156. The molecule has 3 rings (SSSR count). The fourth-order valence-corrected chi connectivity index (χ4v) is 2.43. The molecule has 1 saturated heterocycles. The maximum Gasteiger partial charge on any atom is 0.0186 e. The van der Waals surface area contributed by atoms with Gasteiger partial charge >= 0.3 is 0 Å². The van der Waals surface area contributed by atoms with Gasteiger partial charge in [-0.05, 0) is 50.5 Å². The first-order valence-electron chi connectivity index (χ1n) is 4.63. The molecule has 1 nitrogen and oxygen atoms in total. The van der Waals surface area contributed by atoms with Crippen LogP contribution in [0.2, 0.25) is 0 Å². The summed E-state index contributed by atoms with van der Waals surface area (Å²) in [6, 6.07) is 0. The van der Waals surface area contributed by atoms with E-state index in [0.717, 1.165) is 11.8 Å². The Morgan fingerprint density at radius 1 is 1.10 bits per heavy atom. The first-order valence-corrected chi connectivity index (χ1v) is 4.63. The Morgan fingerprint density at radius 3 is 2.40 bits per heavy atom. The smallest absolute Gasteiger partial charge is 0.0186 e. The summed E-state index contributed by atoms with van der Waals surface area (Å²) in [4.78, 5) is 0. The Labute approximate surface area is 62.2 Å². The monoisotopic (exact) mass is 137 g/mol. The molecule has 1 unspecified atom stereocenters. The molecule has 56 valence electrons. The Morgan fingerprint density at radius 2 is 1.90 bits per heavy atom. The van der Waals surface area contributed by atoms with Crippen LogP contribution in [-0.2, 0) is 0 Å². The molecule has 1 aliphatic heterocycles. The van der Waals surface area contributed by atoms with Gasteiger partial charge in [0.1, 0.15) is 0 Å². The summed E-state index contributed by atoms with van der Waals surface area (Å²) in [5.74, 6) is 2.20. The molecule has 3 aliphatic rings. The molecule has 0 aromatic carbocycles. The van der Waals surface area contributed by atoms with Crippen molar-refractivity contribution in [1.82, 2.24) is 5.32 Å². The van der Waals surface area contributed by atoms with Crippen LogP contribution in [0.3, 0.4) is 0 Å². The van der Waals surface area contributed by atoms with Gasteiger partial charge in [0.2, 0.25) is 0 Å². The summed E-state index contributed by atoms with van der Waals surface area (Å²) in [5, 5.41) is 3.68. The van der Waals surface area contributed by atoms with Crippen LogP contribution in [0.4, 0.5) is 0 Å². The van der Waals surface area contributed by atoms with Gasteiger partial charge in [0.05, 0.1) is 0 Å². The van der Waals surface area contributed by atoms with E-state index in [4.69, 9.17) is 0 Å². The molecule has 0 bridgehead atoms. The summed E-state index contributed by atoms with van der Waals surface area (Å²) >= 11 is 0. The quantitative estimate of drug-likeness (QED) is 0.578. The van der Waals surface area contributed by atoms with Crippen molar-refractivity contribution < 1.29 is 0 Å². The molecule has 10 heavy (non-hydrogen) atoms. The Kier molecular flexibility index (Phi) is 0.883. The van der Waals surface area contributed by atoms with Gasteiger partial charge < -0.3 is 5.32 Å². The molecule has 2 aliphatic carbocycles. The zero-order chi connectivity index (χ0) is 6.60. The second kappa shape index (κ2) is 1.58. The van der Waals surface area contributed by atoms with E-state index in [1.54, 1.807) is 0 Å². The lowest BCUT2D eigenvalue weighted by atomic mass is 9.99. The molecule has 3 fully saturated rings. The van der Waals surface area contributed by atoms with Crippen molar-refractivity contribution in [3.05, 3.63) is 0 Å². The molecule has 0 amide bonds. The van der Waals surface area contributed by atoms with Gasteiger partial charge in [-0.15, -0.1) is 0 Å². The predicted octanol–water partition coefficient (Wildman–Crippen LogP) is 1.54. The van der Waals surface area contributed by atoms with Gasteiger partial charge in [-0.2, -0.15) is 0 Å². The zero-order valence-corrected chi connectivity index (χ0v) is 6.40. The Hall–Kier alpha value is -0.0400. The molecule has 0 aromatic rings. The van der Waals surface area contributed by atoms with Crippen LogP contribution in [0.25, 0.3) is 0 Å². The standard InChI is InChI=1S/C9H15N/c1-2-7(1)8-5-9(3-4-9)10-6-8/h7-8,10H,1-6H2. The molecule has 1 heterocycles. The molecular formula is C9H15N. The van der Waals surface area contributed by atoms with Crippen LogP contribution in [0.5, 0.6) is 0 Å². The fraction of sp³-hybridized carbons (Fsp3) is 1.00. The molecule has 2 saturated carbocycles. The largest absolute Gasteiger partial charge is 0.311 e. The molecule has 1 spiro atoms. The lowest BCUT2D eigenvalue weighted by Gasteiger charge is -2.05. The van der Waals surface area contributed by atoms with Crippen LogP contribution in [0.15, 0.2) is 0 Å².